The molecule has 1 aromatic rings. The summed E-state index contributed by atoms with van der Waals surface area (Å²) in [5, 5.41) is 12.9. The van der Waals surface area contributed by atoms with Gasteiger partial charge in [-0.05, 0) is 12.1 Å². The lowest BCUT2D eigenvalue weighted by atomic mass is 10.2. The maximum Gasteiger partial charge on any atom is 0.143 e. The molecule has 0 unspecified atom stereocenters. The first-order valence-electron chi connectivity index (χ1n) is 3.06. The van der Waals surface area contributed by atoms with Gasteiger partial charge in [0.2, 0.25) is 0 Å². The Bertz CT molecular complexity index is 327. The fraction of sp³-hybridized carbons (Fsp3) is 0. The topological polar surface area (TPSA) is 58.6 Å². The van der Waals surface area contributed by atoms with Gasteiger partial charge < -0.3 is 10.9 Å². The van der Waals surface area contributed by atoms with E-state index in [9.17, 15) is 5.11 Å². The summed E-state index contributed by atoms with van der Waals surface area (Å²) in [6.45, 7) is 0. The van der Waals surface area contributed by atoms with E-state index in [1.165, 1.54) is 6.21 Å². The SMILES string of the molecule is NN=Cc1cc(Br)cc(Cl)c1O. The minimum absolute atomic E-state index is 0.0194. The van der Waals surface area contributed by atoms with E-state index in [4.69, 9.17) is 17.4 Å². The van der Waals surface area contributed by atoms with E-state index < -0.39 is 0 Å². The van der Waals surface area contributed by atoms with Crippen molar-refractivity contribution >= 4 is 33.7 Å². The molecule has 0 amide bonds. The van der Waals surface area contributed by atoms with Gasteiger partial charge >= 0.3 is 0 Å². The number of nitrogens with two attached hydrogens (primary N) is 1. The first-order chi connectivity index (χ1) is 5.65. The van der Waals surface area contributed by atoms with Gasteiger partial charge in [0.25, 0.3) is 0 Å². The number of hydrazone groups is 1. The molecule has 0 radical (unpaired) electrons. The van der Waals surface area contributed by atoms with Crippen LogP contribution in [0.3, 0.4) is 0 Å². The van der Waals surface area contributed by atoms with E-state index in [2.05, 4.69) is 21.0 Å². The molecule has 0 aliphatic heterocycles. The van der Waals surface area contributed by atoms with Crippen LogP contribution in [0.1, 0.15) is 5.56 Å². The van der Waals surface area contributed by atoms with Crippen LogP contribution in [0.2, 0.25) is 5.02 Å². The number of hydrogen-bond donors (Lipinski definition) is 2. The summed E-state index contributed by atoms with van der Waals surface area (Å²) >= 11 is 8.89. The largest absolute Gasteiger partial charge is 0.506 e. The van der Waals surface area contributed by atoms with Crippen LogP contribution in [0.4, 0.5) is 0 Å². The van der Waals surface area contributed by atoms with Crippen molar-refractivity contribution in [2.75, 3.05) is 0 Å². The summed E-state index contributed by atoms with van der Waals surface area (Å²) in [7, 11) is 0. The minimum atomic E-state index is -0.0194. The number of aromatic hydroxyl groups is 1. The van der Waals surface area contributed by atoms with Gasteiger partial charge in [0.15, 0.2) is 0 Å². The summed E-state index contributed by atoms with van der Waals surface area (Å²) in [6, 6.07) is 3.25. The molecule has 0 aliphatic rings. The zero-order valence-electron chi connectivity index (χ0n) is 5.96. The van der Waals surface area contributed by atoms with Crippen molar-refractivity contribution in [1.29, 1.82) is 0 Å². The average Bonchev–Trinajstić information content (AvgIpc) is 2.00. The number of rotatable bonds is 1. The quantitative estimate of drug-likeness (QED) is 0.455. The van der Waals surface area contributed by atoms with E-state index in [-0.39, 0.29) is 10.8 Å². The maximum atomic E-state index is 9.35. The second kappa shape index (κ2) is 3.78. The molecule has 12 heavy (non-hydrogen) atoms. The monoisotopic (exact) mass is 248 g/mol. The van der Waals surface area contributed by atoms with E-state index in [1.54, 1.807) is 12.1 Å². The fourth-order valence-corrected chi connectivity index (χ4v) is 1.60. The fourth-order valence-electron chi connectivity index (χ4n) is 0.765. The van der Waals surface area contributed by atoms with Crippen molar-refractivity contribution in [3.63, 3.8) is 0 Å². The van der Waals surface area contributed by atoms with Crippen LogP contribution in [0.5, 0.6) is 5.75 Å². The Morgan fingerprint density at radius 2 is 2.25 bits per heavy atom. The molecular weight excluding hydrogens is 243 g/mol. The maximum absolute atomic E-state index is 9.35. The summed E-state index contributed by atoms with van der Waals surface area (Å²) in [4.78, 5) is 0. The number of halogens is 2. The van der Waals surface area contributed by atoms with Gasteiger partial charge in [-0.1, -0.05) is 27.5 Å². The zero-order valence-corrected chi connectivity index (χ0v) is 8.30. The van der Waals surface area contributed by atoms with Gasteiger partial charge in [-0.2, -0.15) is 5.10 Å². The van der Waals surface area contributed by atoms with E-state index in [0.29, 0.717) is 5.56 Å². The Hall–Kier alpha value is -0.740. The van der Waals surface area contributed by atoms with Gasteiger partial charge in [-0.15, -0.1) is 0 Å². The molecule has 0 bridgehead atoms. The van der Waals surface area contributed by atoms with Crippen LogP contribution in [-0.4, -0.2) is 11.3 Å². The smallest absolute Gasteiger partial charge is 0.143 e. The van der Waals surface area contributed by atoms with Crippen molar-refractivity contribution in [1.82, 2.24) is 0 Å². The van der Waals surface area contributed by atoms with Crippen molar-refractivity contribution < 1.29 is 5.11 Å². The molecule has 1 rings (SSSR count). The van der Waals surface area contributed by atoms with Crippen molar-refractivity contribution in [3.05, 3.63) is 27.2 Å². The van der Waals surface area contributed by atoms with E-state index in [1.807, 2.05) is 0 Å². The summed E-state index contributed by atoms with van der Waals surface area (Å²) < 4.78 is 0.764. The van der Waals surface area contributed by atoms with Gasteiger partial charge in [0.1, 0.15) is 5.75 Å². The first-order valence-corrected chi connectivity index (χ1v) is 4.23. The molecule has 0 saturated carbocycles. The highest BCUT2D eigenvalue weighted by Gasteiger charge is 2.04. The standard InChI is InChI=1S/C7H6BrClN2O/c8-5-1-4(3-11-10)7(12)6(9)2-5/h1-3,12H,10H2. The second-order valence-corrected chi connectivity index (χ2v) is 3.43. The van der Waals surface area contributed by atoms with Crippen LogP contribution in [0.25, 0.3) is 0 Å². The Kier molecular flexibility index (Phi) is 2.94. The minimum Gasteiger partial charge on any atom is -0.506 e. The van der Waals surface area contributed by atoms with Gasteiger partial charge in [-0.3, -0.25) is 0 Å². The molecule has 0 fully saturated rings. The van der Waals surface area contributed by atoms with E-state index in [0.717, 1.165) is 4.47 Å². The highest BCUT2D eigenvalue weighted by Crippen LogP contribution is 2.29. The van der Waals surface area contributed by atoms with Crippen LogP contribution in [0.15, 0.2) is 21.7 Å². The lowest BCUT2D eigenvalue weighted by Crippen LogP contribution is -1.87. The van der Waals surface area contributed by atoms with Crippen molar-refractivity contribution in [2.24, 2.45) is 10.9 Å². The number of nitrogens with zero attached hydrogens (tertiary/aromatic N) is 1. The van der Waals surface area contributed by atoms with Gasteiger partial charge in [-0.25, -0.2) is 0 Å². The molecule has 0 heterocycles. The highest BCUT2D eigenvalue weighted by molar-refractivity contribution is 9.10. The Labute approximate surface area is 83.0 Å². The third kappa shape index (κ3) is 1.89. The molecule has 0 atom stereocenters. The predicted molar refractivity (Wildman–Crippen MR) is 52.6 cm³/mol. The lowest BCUT2D eigenvalue weighted by molar-refractivity contribution is 0.474. The zero-order chi connectivity index (χ0) is 9.14. The summed E-state index contributed by atoms with van der Waals surface area (Å²) in [5.74, 6) is 4.91. The number of phenols is 1. The molecule has 0 saturated heterocycles. The Balaban J connectivity index is 3.27. The van der Waals surface area contributed by atoms with Crippen LogP contribution >= 0.6 is 27.5 Å². The van der Waals surface area contributed by atoms with Crippen molar-refractivity contribution in [2.45, 2.75) is 0 Å². The lowest BCUT2D eigenvalue weighted by Gasteiger charge is -2.01. The molecule has 0 aromatic heterocycles. The third-order valence-corrected chi connectivity index (χ3v) is 2.02. The molecule has 64 valence electrons. The molecule has 0 spiro atoms. The van der Waals surface area contributed by atoms with Gasteiger partial charge in [0.05, 0.1) is 11.2 Å². The Morgan fingerprint density at radius 3 is 2.83 bits per heavy atom. The first kappa shape index (κ1) is 9.35. The second-order valence-electron chi connectivity index (χ2n) is 2.10. The predicted octanol–water partition coefficient (Wildman–Crippen LogP) is 2.10. The average molecular weight is 249 g/mol. The summed E-state index contributed by atoms with van der Waals surface area (Å²) in [6.07, 6.45) is 1.33. The van der Waals surface area contributed by atoms with Crippen molar-refractivity contribution in [3.8, 4) is 5.75 Å². The number of hydrogen-bond acceptors (Lipinski definition) is 3. The van der Waals surface area contributed by atoms with Crippen LogP contribution in [0, 0.1) is 0 Å². The molecule has 3 N–H and O–H groups in total. The molecule has 3 nitrogen and oxygen atoms in total. The number of benzene rings is 1. The van der Waals surface area contributed by atoms with Crippen LogP contribution < -0.4 is 5.84 Å². The molecular formula is C7H6BrClN2O. The molecule has 0 aliphatic carbocycles. The van der Waals surface area contributed by atoms with Gasteiger partial charge in [0, 0.05) is 10.0 Å². The molecule has 1 aromatic carbocycles. The van der Waals surface area contributed by atoms with Crippen LogP contribution in [-0.2, 0) is 0 Å². The van der Waals surface area contributed by atoms with E-state index >= 15 is 0 Å². The number of phenolic OH excluding ortho intramolecular Hbond substituents is 1. The highest BCUT2D eigenvalue weighted by atomic mass is 79.9. The Morgan fingerprint density at radius 1 is 1.58 bits per heavy atom. The third-order valence-electron chi connectivity index (χ3n) is 1.27. The normalized spacial score (nSPS) is 10.8. The summed E-state index contributed by atoms with van der Waals surface area (Å²) in [5.41, 5.74) is 0.483. The molecule has 5 heteroatoms.